The average molecular weight is 507 g/mol. The summed E-state index contributed by atoms with van der Waals surface area (Å²) >= 11 is 0. The molecule has 0 unspecified atom stereocenters. The molecular formula is C28H23FN8O. The second-order valence-corrected chi connectivity index (χ2v) is 8.94. The first kappa shape index (κ1) is 23.4. The van der Waals surface area contributed by atoms with Gasteiger partial charge in [0.05, 0.1) is 22.9 Å². The van der Waals surface area contributed by atoms with E-state index in [9.17, 15) is 4.79 Å². The fourth-order valence-electron chi connectivity index (χ4n) is 4.45. The largest absolute Gasteiger partial charge is 0.335 e. The van der Waals surface area contributed by atoms with Crippen molar-refractivity contribution in [3.8, 4) is 33.8 Å². The molecule has 3 N–H and O–H groups in total. The van der Waals surface area contributed by atoms with E-state index in [1.54, 1.807) is 43.1 Å². The Kier molecular flexibility index (Phi) is 6.04. The lowest BCUT2D eigenvalue weighted by atomic mass is 10.0. The van der Waals surface area contributed by atoms with Crippen molar-refractivity contribution in [2.45, 2.75) is 26.2 Å². The van der Waals surface area contributed by atoms with Gasteiger partial charge < -0.3 is 10.3 Å². The quantitative estimate of drug-likeness (QED) is 0.248. The summed E-state index contributed by atoms with van der Waals surface area (Å²) in [5, 5.41) is 10.9. The summed E-state index contributed by atoms with van der Waals surface area (Å²) in [5.41, 5.74) is 5.69. The van der Waals surface area contributed by atoms with Gasteiger partial charge in [0.2, 0.25) is 5.91 Å². The fourth-order valence-corrected chi connectivity index (χ4v) is 4.45. The number of nitrogens with one attached hydrogen (secondary N) is 3. The first-order valence-electron chi connectivity index (χ1n) is 12.3. The summed E-state index contributed by atoms with van der Waals surface area (Å²) in [5.74, 6) is -0.0217. The van der Waals surface area contributed by atoms with Gasteiger partial charge >= 0.3 is 0 Å². The van der Waals surface area contributed by atoms with Crippen molar-refractivity contribution in [3.63, 3.8) is 0 Å². The van der Waals surface area contributed by atoms with Crippen molar-refractivity contribution in [2.75, 3.05) is 5.32 Å². The zero-order valence-electron chi connectivity index (χ0n) is 20.5. The topological polar surface area (TPSA) is 125 Å². The van der Waals surface area contributed by atoms with Gasteiger partial charge in [-0.05, 0) is 42.3 Å². The molecule has 6 rings (SSSR count). The van der Waals surface area contributed by atoms with Crippen LogP contribution in [0.25, 0.3) is 55.8 Å². The van der Waals surface area contributed by atoms with Crippen molar-refractivity contribution in [2.24, 2.45) is 0 Å². The Balaban J connectivity index is 1.40. The summed E-state index contributed by atoms with van der Waals surface area (Å²) in [6, 6.07) is 10.6. The van der Waals surface area contributed by atoms with Gasteiger partial charge in [-0.1, -0.05) is 13.3 Å². The number of fused-ring (bicyclic) bond motifs is 2. The average Bonchev–Trinajstić information content (AvgIpc) is 3.55. The predicted molar refractivity (Wildman–Crippen MR) is 144 cm³/mol. The Labute approximate surface area is 216 Å². The smallest absolute Gasteiger partial charge is 0.224 e. The summed E-state index contributed by atoms with van der Waals surface area (Å²) in [4.78, 5) is 32.9. The van der Waals surface area contributed by atoms with Gasteiger partial charge in [-0.2, -0.15) is 5.10 Å². The monoisotopic (exact) mass is 506 g/mol. The second-order valence-electron chi connectivity index (χ2n) is 8.94. The molecule has 0 bridgehead atoms. The van der Waals surface area contributed by atoms with Crippen LogP contribution in [0.4, 0.5) is 10.1 Å². The number of pyridine rings is 3. The molecule has 0 atom stereocenters. The first-order valence-corrected chi connectivity index (χ1v) is 12.3. The number of rotatable bonds is 7. The molecule has 0 saturated heterocycles. The number of imidazole rings is 1. The van der Waals surface area contributed by atoms with Crippen molar-refractivity contribution in [3.05, 3.63) is 73.2 Å². The van der Waals surface area contributed by atoms with Crippen LogP contribution < -0.4 is 5.32 Å². The number of halogens is 1. The summed E-state index contributed by atoms with van der Waals surface area (Å²) in [6.45, 7) is 2.03. The van der Waals surface area contributed by atoms with Crippen molar-refractivity contribution >= 4 is 33.7 Å². The highest BCUT2D eigenvalue weighted by Crippen LogP contribution is 2.34. The number of carbonyl (C=O) groups is 1. The van der Waals surface area contributed by atoms with Crippen LogP contribution in [0.2, 0.25) is 0 Å². The van der Waals surface area contributed by atoms with E-state index in [1.165, 1.54) is 6.07 Å². The second kappa shape index (κ2) is 9.81. The number of carbonyl (C=O) groups excluding carboxylic acids is 1. The minimum Gasteiger partial charge on any atom is -0.335 e. The molecule has 0 saturated carbocycles. The van der Waals surface area contributed by atoms with E-state index in [4.69, 9.17) is 0 Å². The lowest BCUT2D eigenvalue weighted by molar-refractivity contribution is -0.116. The molecule has 1 aromatic carbocycles. The number of aromatic amines is 2. The number of hydrogen-bond donors (Lipinski definition) is 3. The van der Waals surface area contributed by atoms with Gasteiger partial charge in [0.25, 0.3) is 0 Å². The number of anilines is 1. The van der Waals surface area contributed by atoms with Gasteiger partial charge in [0, 0.05) is 59.4 Å². The van der Waals surface area contributed by atoms with Crippen LogP contribution in [-0.4, -0.2) is 41.0 Å². The van der Waals surface area contributed by atoms with E-state index >= 15 is 4.39 Å². The molecule has 0 radical (unpaired) electrons. The molecule has 6 aromatic rings. The summed E-state index contributed by atoms with van der Waals surface area (Å²) in [6.07, 6.45) is 10.4. The third-order valence-electron chi connectivity index (χ3n) is 6.35. The van der Waals surface area contributed by atoms with Crippen LogP contribution in [0, 0.1) is 5.82 Å². The Morgan fingerprint density at radius 1 is 1.00 bits per heavy atom. The SMILES string of the molecule is CCCCC(=O)Nc1cncc(-c2cc3c(-c4nc5nccc(-c6ccncc6)c5[nH]4)n[nH]c3cc2F)c1. The van der Waals surface area contributed by atoms with E-state index in [-0.39, 0.29) is 5.91 Å². The molecule has 0 aliphatic rings. The lowest BCUT2D eigenvalue weighted by Gasteiger charge is -2.08. The normalized spacial score (nSPS) is 11.3. The number of unbranched alkanes of at least 4 members (excludes halogenated alkanes) is 1. The minimum atomic E-state index is -0.435. The molecule has 188 valence electrons. The van der Waals surface area contributed by atoms with Crippen molar-refractivity contribution in [1.82, 2.24) is 35.1 Å². The maximum absolute atomic E-state index is 15.2. The molecule has 9 nitrogen and oxygen atoms in total. The maximum Gasteiger partial charge on any atom is 0.224 e. The Morgan fingerprint density at radius 2 is 1.87 bits per heavy atom. The Morgan fingerprint density at radius 3 is 2.71 bits per heavy atom. The lowest BCUT2D eigenvalue weighted by Crippen LogP contribution is -2.11. The molecule has 38 heavy (non-hydrogen) atoms. The number of nitrogens with zero attached hydrogens (tertiary/aromatic N) is 5. The molecule has 5 heterocycles. The van der Waals surface area contributed by atoms with Crippen LogP contribution in [0.5, 0.6) is 0 Å². The predicted octanol–water partition coefficient (Wildman–Crippen LogP) is 5.89. The van der Waals surface area contributed by atoms with Crippen LogP contribution in [0.15, 0.2) is 67.4 Å². The van der Waals surface area contributed by atoms with Crippen molar-refractivity contribution < 1.29 is 9.18 Å². The van der Waals surface area contributed by atoms with Crippen LogP contribution >= 0.6 is 0 Å². The zero-order chi connectivity index (χ0) is 26.1. The maximum atomic E-state index is 15.2. The van der Waals surface area contributed by atoms with Gasteiger partial charge in [0.15, 0.2) is 11.5 Å². The Bertz CT molecular complexity index is 1780. The highest BCUT2D eigenvalue weighted by atomic mass is 19.1. The van der Waals surface area contributed by atoms with Crippen LogP contribution in [0.3, 0.4) is 0 Å². The van der Waals surface area contributed by atoms with Gasteiger partial charge in [-0.25, -0.2) is 14.4 Å². The molecule has 5 aromatic heterocycles. The van der Waals surface area contributed by atoms with Crippen molar-refractivity contribution in [1.29, 1.82) is 0 Å². The zero-order valence-corrected chi connectivity index (χ0v) is 20.5. The number of benzene rings is 1. The molecule has 0 spiro atoms. The van der Waals surface area contributed by atoms with Gasteiger partial charge in [-0.15, -0.1) is 0 Å². The molecule has 0 fully saturated rings. The highest BCUT2D eigenvalue weighted by molar-refractivity contribution is 5.98. The summed E-state index contributed by atoms with van der Waals surface area (Å²) < 4.78 is 15.2. The first-order chi connectivity index (χ1) is 18.6. The van der Waals surface area contributed by atoms with E-state index in [1.807, 2.05) is 25.1 Å². The highest BCUT2D eigenvalue weighted by Gasteiger charge is 2.18. The fraction of sp³-hybridized carbons (Fsp3) is 0.143. The number of amides is 1. The number of hydrogen-bond acceptors (Lipinski definition) is 6. The number of aromatic nitrogens is 7. The number of H-pyrrole nitrogens is 2. The Hall–Kier alpha value is -4.99. The molecule has 1 amide bonds. The molecular weight excluding hydrogens is 483 g/mol. The van der Waals surface area contributed by atoms with E-state index < -0.39 is 5.82 Å². The molecule has 0 aliphatic carbocycles. The van der Waals surface area contributed by atoms with E-state index in [0.29, 0.717) is 51.3 Å². The van der Waals surface area contributed by atoms with Crippen LogP contribution in [0.1, 0.15) is 26.2 Å². The van der Waals surface area contributed by atoms with Gasteiger partial charge in [-0.3, -0.25) is 19.9 Å². The third-order valence-corrected chi connectivity index (χ3v) is 6.35. The third kappa shape index (κ3) is 4.36. The minimum absolute atomic E-state index is 0.0940. The van der Waals surface area contributed by atoms with Gasteiger partial charge in [0.1, 0.15) is 11.5 Å². The van der Waals surface area contributed by atoms with Crippen LogP contribution in [-0.2, 0) is 4.79 Å². The summed E-state index contributed by atoms with van der Waals surface area (Å²) in [7, 11) is 0. The van der Waals surface area contributed by atoms with E-state index in [0.717, 1.165) is 29.5 Å². The molecule has 10 heteroatoms. The molecule has 0 aliphatic heterocycles. The standard InChI is InChI=1S/C28H23FN8O/c1-2-3-4-24(38)33-18-11-17(14-31-15-18)20-12-21-23(13-22(20)29)36-37-26(21)28-34-25-19(7-10-32-27(25)35-28)16-5-8-30-9-6-16/h5-15H,2-4H2,1H3,(H,33,38)(H,36,37)(H,32,34,35). The van der Waals surface area contributed by atoms with E-state index in [2.05, 4.69) is 40.4 Å².